The molecule has 0 spiro atoms. The first kappa shape index (κ1) is 29.2. The topological polar surface area (TPSA) is 107 Å². The highest BCUT2D eigenvalue weighted by atomic mass is 16.4. The molecule has 0 amide bonds. The van der Waals surface area contributed by atoms with Crippen LogP contribution in [-0.2, 0) is 22.4 Å². The molecule has 8 bridgehead atoms. The van der Waals surface area contributed by atoms with E-state index in [1.165, 1.54) is 5.57 Å². The molecule has 0 saturated heterocycles. The number of nitrogens with zero attached hydrogens (tertiary/aromatic N) is 2. The predicted molar refractivity (Wildman–Crippen MR) is 170 cm³/mol. The summed E-state index contributed by atoms with van der Waals surface area (Å²) in [5, 5.41) is 13.2. The Kier molecular flexibility index (Phi) is 8.04. The van der Waals surface area contributed by atoms with E-state index in [4.69, 9.17) is 9.98 Å². The summed E-state index contributed by atoms with van der Waals surface area (Å²) < 4.78 is 0. The van der Waals surface area contributed by atoms with Gasteiger partial charge in [0.05, 0.1) is 23.5 Å². The first-order chi connectivity index (χ1) is 20.0. The summed E-state index contributed by atoms with van der Waals surface area (Å²) in [6, 6.07) is -0.0584. The van der Waals surface area contributed by atoms with Crippen LogP contribution >= 0.6 is 0 Å². The van der Waals surface area contributed by atoms with Crippen LogP contribution in [0.25, 0.3) is 6.08 Å². The molecule has 1 aromatic heterocycles. The second-order valence-electron chi connectivity index (χ2n) is 11.7. The van der Waals surface area contributed by atoms with Gasteiger partial charge >= 0.3 is 5.97 Å². The minimum absolute atomic E-state index is 0.0374. The molecule has 4 aliphatic heterocycles. The van der Waals surface area contributed by atoms with Crippen LogP contribution in [-0.4, -0.2) is 45.4 Å². The molecule has 0 aliphatic carbocycles. The lowest BCUT2D eigenvalue weighted by Crippen LogP contribution is -2.27. The molecule has 5 rings (SSSR count). The van der Waals surface area contributed by atoms with E-state index in [1.54, 1.807) is 6.92 Å². The van der Waals surface area contributed by atoms with E-state index >= 15 is 0 Å². The molecule has 2 unspecified atom stereocenters. The summed E-state index contributed by atoms with van der Waals surface area (Å²) >= 11 is 0. The van der Waals surface area contributed by atoms with Gasteiger partial charge in [0.15, 0.2) is 0 Å². The monoisotopic (exact) mass is 564 g/mol. The molecule has 5 heterocycles. The number of aliphatic imine (C=N–C) groups is 2. The molecule has 42 heavy (non-hydrogen) atoms. The van der Waals surface area contributed by atoms with E-state index in [-0.39, 0.29) is 24.3 Å². The van der Waals surface area contributed by atoms with E-state index < -0.39 is 5.97 Å². The average molecular weight is 565 g/mol. The van der Waals surface area contributed by atoms with Gasteiger partial charge in [0.2, 0.25) is 0 Å². The zero-order valence-electron chi connectivity index (χ0n) is 25.3. The van der Waals surface area contributed by atoms with Crippen LogP contribution in [0.5, 0.6) is 0 Å². The number of allylic oxidation sites excluding steroid dienone is 5. The molecular formula is C35H40N4O3. The number of hydrogen-bond donors (Lipinski definition) is 3. The molecule has 0 aromatic carbocycles. The normalized spacial score (nSPS) is 22.9. The Hall–Kier alpha value is -4.26. The number of ketones is 1. The number of aromatic amines is 1. The number of carboxylic acids is 1. The molecule has 218 valence electrons. The van der Waals surface area contributed by atoms with Crippen LogP contribution in [0.2, 0.25) is 0 Å². The second kappa shape index (κ2) is 11.6. The Bertz CT molecular complexity index is 1630. The number of nitrogens with one attached hydrogen (secondary N) is 2. The lowest BCUT2D eigenvalue weighted by Gasteiger charge is -2.15. The van der Waals surface area contributed by atoms with Crippen LogP contribution in [0.3, 0.4) is 0 Å². The van der Waals surface area contributed by atoms with Crippen molar-refractivity contribution in [3.05, 3.63) is 98.7 Å². The number of aromatic nitrogens is 1. The highest BCUT2D eigenvalue weighted by Crippen LogP contribution is 2.37. The second-order valence-corrected chi connectivity index (χ2v) is 11.7. The summed E-state index contributed by atoms with van der Waals surface area (Å²) in [6.07, 6.45) is 10.8. The Morgan fingerprint density at radius 3 is 2.48 bits per heavy atom. The Morgan fingerprint density at radius 2 is 1.81 bits per heavy atom. The van der Waals surface area contributed by atoms with Gasteiger partial charge in [0.1, 0.15) is 5.78 Å². The SMILES string of the molecule is C=CC1=C(C)C2CC3=N/C(=C\c4[nH]c(c(C)c4CCC(=O)O)CC4N=C(C=C1N2)C(C)=C4C=C)C(CCC(C)=O)=C3C. The fraction of sp³-hybridized carbons (Fsp3) is 0.371. The minimum atomic E-state index is -0.830. The number of hydrogen-bond acceptors (Lipinski definition) is 5. The van der Waals surface area contributed by atoms with Crippen molar-refractivity contribution in [1.29, 1.82) is 0 Å². The first-order valence-corrected chi connectivity index (χ1v) is 14.7. The van der Waals surface area contributed by atoms with Crippen molar-refractivity contribution < 1.29 is 14.7 Å². The Morgan fingerprint density at radius 1 is 1.05 bits per heavy atom. The molecule has 4 aliphatic rings. The van der Waals surface area contributed by atoms with Crippen LogP contribution in [0.4, 0.5) is 0 Å². The third-order valence-corrected chi connectivity index (χ3v) is 9.10. The van der Waals surface area contributed by atoms with E-state index in [1.807, 2.05) is 12.2 Å². The van der Waals surface area contributed by atoms with Crippen LogP contribution in [0.1, 0.15) is 75.9 Å². The molecular weight excluding hydrogens is 524 g/mol. The number of carbonyl (C=O) groups is 2. The molecule has 7 heteroatoms. The Balaban J connectivity index is 1.71. The summed E-state index contributed by atoms with van der Waals surface area (Å²) in [6.45, 7) is 18.2. The van der Waals surface area contributed by atoms with Gasteiger partial charge in [0, 0.05) is 48.5 Å². The minimum Gasteiger partial charge on any atom is -0.481 e. The maximum Gasteiger partial charge on any atom is 0.303 e. The maximum absolute atomic E-state index is 12.0. The fourth-order valence-corrected chi connectivity index (χ4v) is 6.55. The fourth-order valence-electron chi connectivity index (χ4n) is 6.55. The van der Waals surface area contributed by atoms with Crippen LogP contribution in [0.15, 0.2) is 86.2 Å². The number of fused-ring (bicyclic) bond motifs is 6. The maximum atomic E-state index is 12.0. The summed E-state index contributed by atoms with van der Waals surface area (Å²) in [5.41, 5.74) is 14.4. The highest BCUT2D eigenvalue weighted by molar-refractivity contribution is 6.11. The van der Waals surface area contributed by atoms with Crippen molar-refractivity contribution in [2.45, 2.75) is 85.2 Å². The van der Waals surface area contributed by atoms with Gasteiger partial charge < -0.3 is 20.2 Å². The van der Waals surface area contributed by atoms with Crippen LogP contribution < -0.4 is 5.32 Å². The molecule has 2 atom stereocenters. The van der Waals surface area contributed by atoms with Crippen molar-refractivity contribution >= 4 is 29.3 Å². The third kappa shape index (κ3) is 5.36. The zero-order chi connectivity index (χ0) is 30.3. The molecule has 0 saturated carbocycles. The van der Waals surface area contributed by atoms with Crippen molar-refractivity contribution in [3.63, 3.8) is 0 Å². The van der Waals surface area contributed by atoms with E-state index in [0.717, 1.165) is 73.2 Å². The van der Waals surface area contributed by atoms with E-state index in [9.17, 15) is 14.7 Å². The van der Waals surface area contributed by atoms with Gasteiger partial charge in [-0.3, -0.25) is 14.8 Å². The summed E-state index contributed by atoms with van der Waals surface area (Å²) in [7, 11) is 0. The molecule has 3 N–H and O–H groups in total. The number of rotatable bonds is 8. The lowest BCUT2D eigenvalue weighted by atomic mass is 9.94. The van der Waals surface area contributed by atoms with Gasteiger partial charge in [-0.15, -0.1) is 0 Å². The quantitative estimate of drug-likeness (QED) is 0.337. The number of aliphatic carboxylic acids is 1. The van der Waals surface area contributed by atoms with Crippen molar-refractivity contribution in [2.75, 3.05) is 0 Å². The number of Topliss-reactive ketones (excluding diaryl/α,β-unsaturated/α-hetero) is 1. The largest absolute Gasteiger partial charge is 0.481 e. The van der Waals surface area contributed by atoms with Gasteiger partial charge in [0.25, 0.3) is 0 Å². The van der Waals surface area contributed by atoms with E-state index in [2.05, 4.69) is 63.3 Å². The van der Waals surface area contributed by atoms with Crippen LogP contribution in [0, 0.1) is 6.92 Å². The molecule has 0 fully saturated rings. The number of H-pyrrole nitrogens is 1. The standard InChI is InChI=1S/C35H40N4O3/c1-8-23-19(4)27-14-28-21(6)25(11-10-18(3)40)33(38-28)17-34-26(12-13-35(41)42)22(7)30(39-34)16-32-24(9-2)20(5)29(37-32)15-31(23)36-27/h8-9,15,17,27,32,36,39H,1-2,10-14,16H2,3-7H3,(H,41,42)/b31-15?,33-17-. The lowest BCUT2D eigenvalue weighted by molar-refractivity contribution is -0.137. The number of carboxylic acid groups (broad SMARTS) is 1. The molecule has 0 radical (unpaired) electrons. The summed E-state index contributed by atoms with van der Waals surface area (Å²) in [4.78, 5) is 37.5. The summed E-state index contributed by atoms with van der Waals surface area (Å²) in [5.74, 6) is -0.690. The Labute approximate surface area is 248 Å². The average Bonchev–Trinajstić information content (AvgIpc) is 3.59. The van der Waals surface area contributed by atoms with Crippen molar-refractivity contribution in [2.24, 2.45) is 9.98 Å². The molecule has 7 nitrogen and oxygen atoms in total. The van der Waals surface area contributed by atoms with Crippen molar-refractivity contribution in [3.8, 4) is 0 Å². The van der Waals surface area contributed by atoms with Gasteiger partial charge in [-0.1, -0.05) is 25.3 Å². The van der Waals surface area contributed by atoms with Crippen molar-refractivity contribution in [1.82, 2.24) is 10.3 Å². The predicted octanol–water partition coefficient (Wildman–Crippen LogP) is 6.45. The van der Waals surface area contributed by atoms with Gasteiger partial charge in [-0.25, -0.2) is 0 Å². The molecule has 1 aromatic rings. The van der Waals surface area contributed by atoms with Gasteiger partial charge in [-0.05, 0) is 104 Å². The zero-order valence-corrected chi connectivity index (χ0v) is 25.3. The smallest absolute Gasteiger partial charge is 0.303 e. The van der Waals surface area contributed by atoms with Gasteiger partial charge in [-0.2, -0.15) is 0 Å². The highest BCUT2D eigenvalue weighted by Gasteiger charge is 2.32. The first-order valence-electron chi connectivity index (χ1n) is 14.7. The van der Waals surface area contributed by atoms with E-state index in [0.29, 0.717) is 32.1 Å². The number of carbonyl (C=O) groups excluding carboxylic acids is 1. The third-order valence-electron chi connectivity index (χ3n) is 9.10.